The SMILES string of the molecule is C/C=C/[C@@H](C[C@@H]1O[C@](O)(C[C@H](C)O)C[C@H](O)[C@H]1NC(=O)NNC(=S)NC)O[C@@H]1O[C@H](C)[C@@H](O)[C@H](N)[C@@H]1O. The van der Waals surface area contributed by atoms with Crippen LogP contribution in [0.3, 0.4) is 0 Å². The van der Waals surface area contributed by atoms with Gasteiger partial charge >= 0.3 is 6.03 Å². The Kier molecular flexibility index (Phi) is 11.9. The molecule has 0 aromatic rings. The Morgan fingerprint density at radius 1 is 1.30 bits per heavy atom. The van der Waals surface area contributed by atoms with Gasteiger partial charge in [0.05, 0.1) is 48.7 Å². The summed E-state index contributed by atoms with van der Waals surface area (Å²) in [6, 6.07) is -2.73. The van der Waals surface area contributed by atoms with Crippen LogP contribution in [0.25, 0.3) is 0 Å². The van der Waals surface area contributed by atoms with Crippen LogP contribution in [-0.2, 0) is 14.2 Å². The lowest BCUT2D eigenvalue weighted by atomic mass is 9.88. The van der Waals surface area contributed by atoms with E-state index in [0.717, 1.165) is 0 Å². The van der Waals surface area contributed by atoms with Crippen molar-refractivity contribution in [2.24, 2.45) is 5.73 Å². The average Bonchev–Trinajstić information content (AvgIpc) is 2.81. The van der Waals surface area contributed by atoms with Crippen molar-refractivity contribution < 1.29 is 44.5 Å². The van der Waals surface area contributed by atoms with Crippen LogP contribution in [0.4, 0.5) is 4.79 Å². The summed E-state index contributed by atoms with van der Waals surface area (Å²) in [5.74, 6) is -1.87. The Morgan fingerprint density at radius 2 is 1.97 bits per heavy atom. The second kappa shape index (κ2) is 13.9. The highest BCUT2D eigenvalue weighted by Gasteiger charge is 2.48. The zero-order valence-electron chi connectivity index (χ0n) is 21.4. The normalized spacial score (nSPS) is 38.0. The number of hydrazine groups is 1. The highest BCUT2D eigenvalue weighted by atomic mass is 32.1. The molecule has 2 aliphatic rings. The molecule has 2 aliphatic heterocycles. The number of carbonyl (C=O) groups is 1. The molecule has 14 nitrogen and oxygen atoms in total. The fourth-order valence-corrected chi connectivity index (χ4v) is 4.47. The molecule has 214 valence electrons. The lowest BCUT2D eigenvalue weighted by Gasteiger charge is -2.46. The Labute approximate surface area is 221 Å². The number of nitrogens with two attached hydrogens (primary N) is 1. The van der Waals surface area contributed by atoms with E-state index in [1.54, 1.807) is 33.0 Å². The number of thiocarbonyl (C=S) groups is 1. The molecule has 2 saturated heterocycles. The first kappa shape index (κ1) is 31.6. The minimum Gasteiger partial charge on any atom is -0.393 e. The van der Waals surface area contributed by atoms with Crippen molar-refractivity contribution in [3.05, 3.63) is 12.2 Å². The lowest BCUT2D eigenvalue weighted by Crippen LogP contribution is -2.64. The smallest absolute Gasteiger partial charge is 0.333 e. The molecule has 0 radical (unpaired) electrons. The molecule has 15 heteroatoms. The highest BCUT2D eigenvalue weighted by molar-refractivity contribution is 7.80. The van der Waals surface area contributed by atoms with Crippen LogP contribution in [0, 0.1) is 0 Å². The van der Waals surface area contributed by atoms with E-state index < -0.39 is 72.9 Å². The number of amides is 2. The zero-order valence-corrected chi connectivity index (χ0v) is 22.2. The summed E-state index contributed by atoms with van der Waals surface area (Å²) in [5.41, 5.74) is 10.7. The summed E-state index contributed by atoms with van der Waals surface area (Å²) in [5, 5.41) is 57.6. The van der Waals surface area contributed by atoms with E-state index in [9.17, 15) is 30.3 Å². The molecule has 2 amide bonds. The second-order valence-electron chi connectivity index (χ2n) is 9.46. The summed E-state index contributed by atoms with van der Waals surface area (Å²) in [4.78, 5) is 12.5. The Bertz CT molecular complexity index is 794. The van der Waals surface area contributed by atoms with Gasteiger partial charge in [0.25, 0.3) is 0 Å². The van der Waals surface area contributed by atoms with Gasteiger partial charge in [-0.2, -0.15) is 0 Å². The maximum absolute atomic E-state index is 12.5. The molecular formula is C22H41N5O9S. The van der Waals surface area contributed by atoms with E-state index in [4.69, 9.17) is 32.2 Å². The topological polar surface area (TPSA) is 220 Å². The van der Waals surface area contributed by atoms with Crippen LogP contribution in [0.2, 0.25) is 0 Å². The number of urea groups is 1. The second-order valence-corrected chi connectivity index (χ2v) is 9.87. The molecule has 0 unspecified atom stereocenters. The fraction of sp³-hybridized carbons (Fsp3) is 0.818. The summed E-state index contributed by atoms with van der Waals surface area (Å²) in [6.07, 6.45) is -5.38. The molecule has 11 atom stereocenters. The molecule has 0 aliphatic carbocycles. The number of aliphatic hydroxyl groups is 5. The van der Waals surface area contributed by atoms with E-state index in [1.807, 2.05) is 0 Å². The van der Waals surface area contributed by atoms with Crippen molar-refractivity contribution in [2.75, 3.05) is 7.05 Å². The summed E-state index contributed by atoms with van der Waals surface area (Å²) in [6.45, 7) is 4.82. The third-order valence-corrected chi connectivity index (χ3v) is 6.53. The number of allylic oxidation sites excluding steroid dienone is 1. The highest BCUT2D eigenvalue weighted by Crippen LogP contribution is 2.34. The number of rotatable bonds is 8. The number of hydrogen-bond acceptors (Lipinski definition) is 11. The molecule has 0 bridgehead atoms. The maximum Gasteiger partial charge on any atom is 0.333 e. The first-order chi connectivity index (χ1) is 17.3. The van der Waals surface area contributed by atoms with Gasteiger partial charge in [-0.05, 0) is 33.0 Å². The van der Waals surface area contributed by atoms with Gasteiger partial charge < -0.3 is 56.1 Å². The third kappa shape index (κ3) is 8.95. The van der Waals surface area contributed by atoms with Crippen LogP contribution in [0.5, 0.6) is 0 Å². The van der Waals surface area contributed by atoms with Crippen LogP contribution in [0.1, 0.15) is 40.0 Å². The molecule has 11 N–H and O–H groups in total. The van der Waals surface area contributed by atoms with E-state index in [1.165, 1.54) is 6.92 Å². The summed E-state index contributed by atoms with van der Waals surface area (Å²) >= 11 is 4.92. The van der Waals surface area contributed by atoms with Crippen LogP contribution in [-0.4, -0.2) is 111 Å². The van der Waals surface area contributed by atoms with Crippen molar-refractivity contribution in [1.82, 2.24) is 21.5 Å². The molecule has 0 saturated carbocycles. The fourth-order valence-electron chi connectivity index (χ4n) is 4.42. The summed E-state index contributed by atoms with van der Waals surface area (Å²) < 4.78 is 17.5. The molecule has 0 aromatic heterocycles. The minimum atomic E-state index is -1.87. The van der Waals surface area contributed by atoms with Crippen molar-refractivity contribution in [2.45, 2.75) is 107 Å². The molecule has 0 aromatic carbocycles. The van der Waals surface area contributed by atoms with Gasteiger partial charge in [0, 0.05) is 26.3 Å². The van der Waals surface area contributed by atoms with Gasteiger partial charge in [-0.25, -0.2) is 10.2 Å². The molecule has 0 spiro atoms. The lowest BCUT2D eigenvalue weighted by molar-refractivity contribution is -0.302. The first-order valence-corrected chi connectivity index (χ1v) is 12.6. The number of nitrogens with one attached hydrogen (secondary N) is 4. The van der Waals surface area contributed by atoms with Gasteiger partial charge in [-0.3, -0.25) is 5.43 Å². The molecule has 2 heterocycles. The molecule has 2 fully saturated rings. The van der Waals surface area contributed by atoms with E-state index >= 15 is 0 Å². The number of carbonyl (C=O) groups excluding carboxylic acids is 1. The number of aliphatic hydroxyl groups excluding tert-OH is 4. The Balaban J connectivity index is 2.23. The first-order valence-electron chi connectivity index (χ1n) is 12.2. The van der Waals surface area contributed by atoms with Gasteiger partial charge in [-0.15, -0.1) is 0 Å². The van der Waals surface area contributed by atoms with Crippen molar-refractivity contribution in [3.63, 3.8) is 0 Å². The summed E-state index contributed by atoms with van der Waals surface area (Å²) in [7, 11) is 1.56. The predicted octanol–water partition coefficient (Wildman–Crippen LogP) is -2.58. The van der Waals surface area contributed by atoms with Gasteiger partial charge in [0.1, 0.15) is 6.10 Å². The maximum atomic E-state index is 12.5. The van der Waals surface area contributed by atoms with Crippen molar-refractivity contribution in [3.8, 4) is 0 Å². The van der Waals surface area contributed by atoms with Crippen molar-refractivity contribution in [1.29, 1.82) is 0 Å². The van der Waals surface area contributed by atoms with Crippen LogP contribution < -0.4 is 27.2 Å². The van der Waals surface area contributed by atoms with Gasteiger partial charge in [-0.1, -0.05) is 12.2 Å². The molecule has 2 rings (SSSR count). The van der Waals surface area contributed by atoms with E-state index in [2.05, 4.69) is 21.5 Å². The van der Waals surface area contributed by atoms with E-state index in [0.29, 0.717) is 0 Å². The van der Waals surface area contributed by atoms with E-state index in [-0.39, 0.29) is 24.4 Å². The predicted molar refractivity (Wildman–Crippen MR) is 136 cm³/mol. The van der Waals surface area contributed by atoms with Crippen LogP contribution in [0.15, 0.2) is 12.2 Å². The average molecular weight is 552 g/mol. The third-order valence-electron chi connectivity index (χ3n) is 6.22. The van der Waals surface area contributed by atoms with Crippen LogP contribution >= 0.6 is 12.2 Å². The van der Waals surface area contributed by atoms with Gasteiger partial charge in [0.2, 0.25) is 0 Å². The minimum absolute atomic E-state index is 0.00439. The standard InChI is InChI=1S/C22H41N5O9S/c1-5-6-12(35-19-18(31)15(23)17(30)11(3)34-19)7-14-16(25-20(32)26-27-21(37)24-4)13(29)9-22(33,36-14)8-10(2)28/h5-6,10-19,28-31,33H,7-9,23H2,1-4H3,(H2,24,27,37)(H2,25,26,32)/b6-5+/t10-,11+,12-,13-,14-,15-,16+,17+,18-,19-,22+/m0/s1. The number of ether oxygens (including phenoxy) is 3. The van der Waals surface area contributed by atoms with Gasteiger partial charge in [0.15, 0.2) is 17.2 Å². The quantitative estimate of drug-likeness (QED) is 0.0852. The number of hydrogen-bond donors (Lipinski definition) is 10. The van der Waals surface area contributed by atoms with Crippen molar-refractivity contribution >= 4 is 23.4 Å². The zero-order chi connectivity index (χ0) is 27.9. The Hall–Kier alpha value is -1.66. The largest absolute Gasteiger partial charge is 0.393 e. The molecule has 37 heavy (non-hydrogen) atoms. The molecular weight excluding hydrogens is 510 g/mol. The monoisotopic (exact) mass is 551 g/mol. The Morgan fingerprint density at radius 3 is 2.57 bits per heavy atom.